The molecule has 0 radical (unpaired) electrons. The van der Waals surface area contributed by atoms with Gasteiger partial charge in [-0.05, 0) is 73.4 Å². The van der Waals surface area contributed by atoms with Gasteiger partial charge in [0.25, 0.3) is 0 Å². The van der Waals surface area contributed by atoms with Crippen LogP contribution in [0, 0.1) is 0 Å². The van der Waals surface area contributed by atoms with Crippen molar-refractivity contribution in [1.82, 2.24) is 4.90 Å². The van der Waals surface area contributed by atoms with Crippen LogP contribution in [0.5, 0.6) is 11.5 Å². The molecule has 2 unspecified atom stereocenters. The summed E-state index contributed by atoms with van der Waals surface area (Å²) in [6.07, 6.45) is 0.433. The predicted octanol–water partition coefficient (Wildman–Crippen LogP) is 5.45. The third kappa shape index (κ3) is 6.13. The van der Waals surface area contributed by atoms with Gasteiger partial charge in [-0.15, -0.1) is 11.3 Å². The van der Waals surface area contributed by atoms with Crippen molar-refractivity contribution in [3.05, 3.63) is 94.4 Å². The van der Waals surface area contributed by atoms with Crippen LogP contribution < -0.4 is 9.26 Å². The van der Waals surface area contributed by atoms with Gasteiger partial charge in [-0.1, -0.05) is 42.5 Å². The average molecular weight is 498 g/mol. The number of rotatable bonds is 7. The molecule has 8 heteroatoms. The summed E-state index contributed by atoms with van der Waals surface area (Å²) in [5, 5.41) is 11.9. The maximum absolute atomic E-state index is 10.4. The molecule has 0 bridgehead atoms. The van der Waals surface area contributed by atoms with Crippen molar-refractivity contribution in [2.24, 2.45) is 0 Å². The number of benzene rings is 3. The van der Waals surface area contributed by atoms with Gasteiger partial charge in [0.1, 0.15) is 23.8 Å². The highest BCUT2D eigenvalue weighted by Gasteiger charge is 2.22. The fourth-order valence-electron chi connectivity index (χ4n) is 3.43. The minimum atomic E-state index is -2.44. The van der Waals surface area contributed by atoms with Crippen molar-refractivity contribution in [3.63, 3.8) is 0 Å². The lowest BCUT2D eigenvalue weighted by Crippen LogP contribution is -2.30. The van der Waals surface area contributed by atoms with E-state index in [9.17, 15) is 5.11 Å². The Morgan fingerprint density at radius 2 is 1.47 bits per heavy atom. The van der Waals surface area contributed by atoms with Gasteiger partial charge in [-0.25, -0.2) is 0 Å². The van der Waals surface area contributed by atoms with Crippen molar-refractivity contribution in [1.29, 1.82) is 0 Å². The SMILES string of the molecule is CC(Oc1ccc(C(O)c2ccc(OP(O)O)cc2)cc1)N(C)C.c1ccc2c3c(sc2c1)C3. The molecule has 3 aromatic carbocycles. The Kier molecular flexibility index (Phi) is 7.84. The zero-order valence-electron chi connectivity index (χ0n) is 19.3. The Bertz CT molecular complexity index is 1220. The van der Waals surface area contributed by atoms with E-state index >= 15 is 0 Å². The summed E-state index contributed by atoms with van der Waals surface area (Å²) in [5.41, 5.74) is 3.01. The van der Waals surface area contributed by atoms with Crippen molar-refractivity contribution in [3.8, 4) is 11.5 Å². The van der Waals surface area contributed by atoms with Crippen LogP contribution in [0.25, 0.3) is 10.1 Å². The number of ether oxygens (including phenoxy) is 1. The molecule has 0 saturated carbocycles. The minimum absolute atomic E-state index is 0.0446. The van der Waals surface area contributed by atoms with E-state index in [1.165, 1.54) is 16.5 Å². The van der Waals surface area contributed by atoms with E-state index in [0.717, 1.165) is 11.3 Å². The molecule has 0 fully saturated rings. The first kappa shape index (κ1) is 24.6. The second-order valence-electron chi connectivity index (χ2n) is 8.24. The zero-order chi connectivity index (χ0) is 24.2. The van der Waals surface area contributed by atoms with E-state index in [4.69, 9.17) is 19.0 Å². The molecule has 1 heterocycles. The molecule has 1 aliphatic carbocycles. The van der Waals surface area contributed by atoms with E-state index in [0.29, 0.717) is 11.3 Å². The molecule has 0 saturated heterocycles. The molecule has 0 spiro atoms. The first-order valence-corrected chi connectivity index (χ1v) is 12.9. The molecule has 4 aromatic rings. The number of fused-ring (bicyclic) bond motifs is 3. The van der Waals surface area contributed by atoms with Crippen molar-refractivity contribution in [2.45, 2.75) is 25.7 Å². The number of aliphatic hydroxyl groups is 1. The fraction of sp³-hybridized carbons (Fsp3) is 0.231. The largest absolute Gasteiger partial charge is 0.475 e. The van der Waals surface area contributed by atoms with Gasteiger partial charge >= 0.3 is 8.60 Å². The molecule has 1 aliphatic rings. The maximum Gasteiger partial charge on any atom is 0.391 e. The van der Waals surface area contributed by atoms with Crippen LogP contribution in [0.1, 0.15) is 34.6 Å². The van der Waals surface area contributed by atoms with Crippen LogP contribution in [0.2, 0.25) is 0 Å². The quantitative estimate of drug-likeness (QED) is 0.205. The number of hydrogen-bond acceptors (Lipinski definition) is 7. The van der Waals surface area contributed by atoms with Crippen molar-refractivity contribution >= 4 is 30.0 Å². The van der Waals surface area contributed by atoms with Gasteiger partial charge in [0.05, 0.1) is 0 Å². The second-order valence-corrected chi connectivity index (χ2v) is 10.1. The van der Waals surface area contributed by atoms with E-state index in [-0.39, 0.29) is 6.23 Å². The molecule has 178 valence electrons. The van der Waals surface area contributed by atoms with E-state index in [1.807, 2.05) is 61.5 Å². The van der Waals surface area contributed by atoms with Crippen LogP contribution in [0.4, 0.5) is 0 Å². The highest BCUT2D eigenvalue weighted by atomic mass is 32.1. The maximum atomic E-state index is 10.4. The van der Waals surface area contributed by atoms with Crippen LogP contribution in [0.3, 0.4) is 0 Å². The lowest BCUT2D eigenvalue weighted by Gasteiger charge is -2.21. The van der Waals surface area contributed by atoms with Crippen LogP contribution >= 0.6 is 19.9 Å². The molecular formula is C26H28NO5PS. The Morgan fingerprint density at radius 3 is 2.03 bits per heavy atom. The van der Waals surface area contributed by atoms with Gasteiger partial charge in [0, 0.05) is 16.0 Å². The molecule has 6 nitrogen and oxygen atoms in total. The Balaban J connectivity index is 0.000000222. The lowest BCUT2D eigenvalue weighted by molar-refractivity contribution is 0.0815. The predicted molar refractivity (Wildman–Crippen MR) is 137 cm³/mol. The van der Waals surface area contributed by atoms with E-state index < -0.39 is 14.7 Å². The van der Waals surface area contributed by atoms with Crippen LogP contribution in [-0.4, -0.2) is 40.1 Å². The summed E-state index contributed by atoms with van der Waals surface area (Å²) in [7, 11) is 1.43. The Labute approximate surface area is 204 Å². The van der Waals surface area contributed by atoms with Crippen molar-refractivity contribution in [2.75, 3.05) is 14.1 Å². The molecule has 0 aliphatic heterocycles. The molecular weight excluding hydrogens is 469 g/mol. The van der Waals surface area contributed by atoms with Gasteiger partial charge in [0.15, 0.2) is 0 Å². The van der Waals surface area contributed by atoms with Crippen molar-refractivity contribution < 1.29 is 24.2 Å². The Morgan fingerprint density at radius 1 is 0.882 bits per heavy atom. The number of thiophene rings is 1. The molecule has 34 heavy (non-hydrogen) atoms. The van der Waals surface area contributed by atoms with E-state index in [1.54, 1.807) is 34.7 Å². The molecule has 3 N–H and O–H groups in total. The first-order chi connectivity index (χ1) is 16.3. The van der Waals surface area contributed by atoms with Gasteiger partial charge in [0.2, 0.25) is 0 Å². The summed E-state index contributed by atoms with van der Waals surface area (Å²) in [5.74, 6) is 1.07. The second kappa shape index (κ2) is 10.8. The monoisotopic (exact) mass is 497 g/mol. The summed E-state index contributed by atoms with van der Waals surface area (Å²) < 4.78 is 12.0. The molecule has 0 amide bonds. The minimum Gasteiger partial charge on any atom is -0.475 e. The Hall–Kier alpha value is -2.51. The van der Waals surface area contributed by atoms with E-state index in [2.05, 4.69) is 24.3 Å². The summed E-state index contributed by atoms with van der Waals surface area (Å²) in [6.45, 7) is 1.96. The molecule has 5 rings (SSSR count). The normalized spacial score (nSPS) is 13.8. The number of nitrogens with zero attached hydrogens (tertiary/aromatic N) is 1. The van der Waals surface area contributed by atoms with Gasteiger partial charge in [-0.2, -0.15) is 0 Å². The van der Waals surface area contributed by atoms with Crippen LogP contribution in [-0.2, 0) is 6.42 Å². The number of aliphatic hydroxyl groups excluding tert-OH is 1. The zero-order valence-corrected chi connectivity index (χ0v) is 21.0. The summed E-state index contributed by atoms with van der Waals surface area (Å²) >= 11 is 1.94. The van der Waals surface area contributed by atoms with Gasteiger partial charge < -0.3 is 24.2 Å². The standard InChI is InChI=1S/C17H22NO5P.C9H6S/c1-12(18(2)3)22-15-8-4-13(5-9-15)17(19)14-6-10-16(11-7-14)23-24(20)21;1-2-4-8-6(3-1)7-5-9(7)10-8/h4-12,17,19-21H,1-3H3;1-4H,5H2. The summed E-state index contributed by atoms with van der Waals surface area (Å²) in [4.78, 5) is 21.2. The summed E-state index contributed by atoms with van der Waals surface area (Å²) in [6, 6.07) is 22.4. The topological polar surface area (TPSA) is 82.4 Å². The fourth-order valence-corrected chi connectivity index (χ4v) is 4.90. The van der Waals surface area contributed by atoms with Gasteiger partial charge in [-0.3, -0.25) is 4.90 Å². The molecule has 1 aromatic heterocycles. The number of hydrogen-bond donors (Lipinski definition) is 3. The smallest absolute Gasteiger partial charge is 0.391 e. The highest BCUT2D eigenvalue weighted by molar-refractivity contribution is 7.39. The molecule has 2 atom stereocenters. The third-order valence-corrected chi connectivity index (χ3v) is 7.19. The van der Waals surface area contributed by atoms with Crippen LogP contribution in [0.15, 0.2) is 72.8 Å². The highest BCUT2D eigenvalue weighted by Crippen LogP contribution is 2.43. The lowest BCUT2D eigenvalue weighted by atomic mass is 10.0. The third-order valence-electron chi connectivity index (χ3n) is 5.61. The average Bonchev–Trinajstić information content (AvgIpc) is 3.50. The first-order valence-electron chi connectivity index (χ1n) is 10.9.